The molecular weight excluding hydrogens is 392 g/mol. The average Bonchev–Trinajstić information content (AvgIpc) is 3.38. The Morgan fingerprint density at radius 1 is 1.31 bits per heavy atom. The Labute approximate surface area is 173 Å². The highest BCUT2D eigenvalue weighted by Crippen LogP contribution is 2.30. The quantitative estimate of drug-likeness (QED) is 0.692. The van der Waals surface area contributed by atoms with Gasteiger partial charge in [0.15, 0.2) is 5.69 Å². The summed E-state index contributed by atoms with van der Waals surface area (Å²) < 4.78 is 3.45. The number of likely N-dealkylation sites (tertiary alicyclic amines) is 1. The van der Waals surface area contributed by atoms with Crippen molar-refractivity contribution in [3.8, 4) is 0 Å². The third-order valence-corrected chi connectivity index (χ3v) is 5.81. The summed E-state index contributed by atoms with van der Waals surface area (Å²) >= 11 is 6.19. The molecule has 1 fully saturated rings. The van der Waals surface area contributed by atoms with Crippen molar-refractivity contribution in [2.24, 2.45) is 13.0 Å². The van der Waals surface area contributed by atoms with E-state index in [1.165, 1.54) is 0 Å². The van der Waals surface area contributed by atoms with Crippen molar-refractivity contribution in [2.75, 3.05) is 13.1 Å². The number of amides is 1. The van der Waals surface area contributed by atoms with E-state index in [2.05, 4.69) is 15.3 Å². The molecular formula is C20H23ClN6O2. The molecule has 1 aliphatic heterocycles. The summed E-state index contributed by atoms with van der Waals surface area (Å²) in [6.45, 7) is 1.60. The summed E-state index contributed by atoms with van der Waals surface area (Å²) in [7, 11) is 1.87. The second-order valence-corrected chi connectivity index (χ2v) is 7.77. The van der Waals surface area contributed by atoms with Crippen LogP contribution >= 0.6 is 11.6 Å². The number of rotatable bonds is 5. The van der Waals surface area contributed by atoms with E-state index in [1.807, 2.05) is 42.1 Å². The lowest BCUT2D eigenvalue weighted by molar-refractivity contribution is 0.0417. The van der Waals surface area contributed by atoms with Gasteiger partial charge in [0.25, 0.3) is 5.91 Å². The van der Waals surface area contributed by atoms with Gasteiger partial charge >= 0.3 is 0 Å². The van der Waals surface area contributed by atoms with Gasteiger partial charge in [-0.2, -0.15) is 0 Å². The van der Waals surface area contributed by atoms with Crippen molar-refractivity contribution >= 4 is 17.5 Å². The predicted molar refractivity (Wildman–Crippen MR) is 107 cm³/mol. The van der Waals surface area contributed by atoms with E-state index >= 15 is 0 Å². The molecule has 8 nitrogen and oxygen atoms in total. The molecule has 0 bridgehead atoms. The highest BCUT2D eigenvalue weighted by Gasteiger charge is 2.31. The van der Waals surface area contributed by atoms with Gasteiger partial charge in [-0.1, -0.05) is 35.0 Å². The van der Waals surface area contributed by atoms with E-state index in [9.17, 15) is 9.90 Å². The Balaban J connectivity index is 1.36. The van der Waals surface area contributed by atoms with Gasteiger partial charge < -0.3 is 14.6 Å². The molecule has 1 amide bonds. The minimum atomic E-state index is -0.622. The second kappa shape index (κ2) is 8.34. The minimum Gasteiger partial charge on any atom is -0.385 e. The maximum atomic E-state index is 12.8. The molecule has 3 aromatic rings. The average molecular weight is 415 g/mol. The molecule has 0 aliphatic carbocycles. The van der Waals surface area contributed by atoms with Crippen molar-refractivity contribution in [1.29, 1.82) is 0 Å². The molecule has 1 N–H and O–H groups in total. The zero-order chi connectivity index (χ0) is 20.4. The first kappa shape index (κ1) is 19.6. The number of aliphatic hydroxyl groups excluding tert-OH is 1. The Morgan fingerprint density at radius 3 is 2.76 bits per heavy atom. The normalized spacial score (nSPS) is 16.2. The van der Waals surface area contributed by atoms with Crippen molar-refractivity contribution in [2.45, 2.75) is 25.5 Å². The van der Waals surface area contributed by atoms with Crippen LogP contribution in [0.25, 0.3) is 0 Å². The Hall–Kier alpha value is -2.71. The minimum absolute atomic E-state index is 0.0797. The van der Waals surface area contributed by atoms with E-state index < -0.39 is 6.10 Å². The molecule has 3 heterocycles. The summed E-state index contributed by atoms with van der Waals surface area (Å²) in [5.74, 6) is 0.605. The summed E-state index contributed by atoms with van der Waals surface area (Å²) in [6, 6.07) is 7.52. The van der Waals surface area contributed by atoms with Gasteiger partial charge in [-0.15, -0.1) is 5.10 Å². The zero-order valence-electron chi connectivity index (χ0n) is 16.1. The van der Waals surface area contributed by atoms with E-state index in [1.54, 1.807) is 22.0 Å². The maximum Gasteiger partial charge on any atom is 0.276 e. The SMILES string of the molecule is Cn1ccnc1[C@@H](O)C1CCN(C(=O)c2cn(Cc3ccccc3Cl)nn2)CC1. The second-order valence-electron chi connectivity index (χ2n) is 7.36. The van der Waals surface area contributed by atoms with Crippen molar-refractivity contribution in [1.82, 2.24) is 29.4 Å². The van der Waals surface area contributed by atoms with Crippen LogP contribution in [0.1, 0.15) is 40.8 Å². The van der Waals surface area contributed by atoms with Gasteiger partial charge in [0.1, 0.15) is 11.9 Å². The molecule has 1 aliphatic rings. The molecule has 152 valence electrons. The van der Waals surface area contributed by atoms with Crippen molar-refractivity contribution in [3.05, 3.63) is 65.0 Å². The number of nitrogens with zero attached hydrogens (tertiary/aromatic N) is 6. The zero-order valence-corrected chi connectivity index (χ0v) is 16.9. The van der Waals surface area contributed by atoms with Crippen molar-refractivity contribution < 1.29 is 9.90 Å². The molecule has 9 heteroatoms. The molecule has 1 saturated heterocycles. The summed E-state index contributed by atoms with van der Waals surface area (Å²) in [5, 5.41) is 19.4. The number of aryl methyl sites for hydroxylation is 1. The molecule has 0 saturated carbocycles. The standard InChI is InChI=1S/C20H23ClN6O2/c1-25-11-8-22-19(25)18(28)14-6-9-26(10-7-14)20(29)17-13-27(24-23-17)12-15-4-2-3-5-16(15)21/h2-5,8,11,13-14,18,28H,6-7,9-10,12H2,1H3/t18-/m0/s1. The van der Waals surface area contributed by atoms with Gasteiger partial charge in [0.05, 0.1) is 12.7 Å². The molecule has 0 unspecified atom stereocenters. The van der Waals surface area contributed by atoms with Crippen LogP contribution in [0.4, 0.5) is 0 Å². The number of imidazole rings is 1. The lowest BCUT2D eigenvalue weighted by atomic mass is 9.90. The van der Waals surface area contributed by atoms with Crippen LogP contribution < -0.4 is 0 Å². The topological polar surface area (TPSA) is 89.1 Å². The number of piperidine rings is 1. The van der Waals surface area contributed by atoms with E-state index in [-0.39, 0.29) is 11.8 Å². The van der Waals surface area contributed by atoms with E-state index in [0.29, 0.717) is 49.0 Å². The van der Waals surface area contributed by atoms with Gasteiger partial charge in [-0.3, -0.25) is 4.79 Å². The fourth-order valence-corrected chi connectivity index (χ4v) is 3.92. The first-order chi connectivity index (χ1) is 14.0. The number of hydrogen-bond donors (Lipinski definition) is 1. The van der Waals surface area contributed by atoms with Gasteiger partial charge in [-0.05, 0) is 30.4 Å². The van der Waals surface area contributed by atoms with Crippen LogP contribution in [0.2, 0.25) is 5.02 Å². The molecule has 0 spiro atoms. The predicted octanol–water partition coefficient (Wildman–Crippen LogP) is 2.30. The number of carbonyl (C=O) groups is 1. The Kier molecular flexibility index (Phi) is 5.64. The number of aliphatic hydroxyl groups is 1. The molecule has 0 radical (unpaired) electrons. The maximum absolute atomic E-state index is 12.8. The van der Waals surface area contributed by atoms with Gasteiger partial charge in [0.2, 0.25) is 0 Å². The van der Waals surface area contributed by atoms with Crippen molar-refractivity contribution in [3.63, 3.8) is 0 Å². The van der Waals surface area contributed by atoms with Gasteiger partial charge in [-0.25, -0.2) is 9.67 Å². The van der Waals surface area contributed by atoms with Crippen LogP contribution in [0, 0.1) is 5.92 Å². The largest absolute Gasteiger partial charge is 0.385 e. The summed E-state index contributed by atoms with van der Waals surface area (Å²) in [5.41, 5.74) is 1.24. The lowest BCUT2D eigenvalue weighted by Crippen LogP contribution is -2.40. The third-order valence-electron chi connectivity index (χ3n) is 5.44. The molecule has 4 rings (SSSR count). The van der Waals surface area contributed by atoms with Crippen LogP contribution in [0.5, 0.6) is 0 Å². The summed E-state index contributed by atoms with van der Waals surface area (Å²) in [4.78, 5) is 18.8. The highest BCUT2D eigenvalue weighted by atomic mass is 35.5. The smallest absolute Gasteiger partial charge is 0.276 e. The molecule has 29 heavy (non-hydrogen) atoms. The third kappa shape index (κ3) is 4.18. The number of halogens is 1. The monoisotopic (exact) mass is 414 g/mol. The van der Waals surface area contributed by atoms with Crippen LogP contribution in [0.15, 0.2) is 42.9 Å². The first-order valence-electron chi connectivity index (χ1n) is 9.61. The van der Waals surface area contributed by atoms with E-state index in [0.717, 1.165) is 5.56 Å². The number of hydrogen-bond acceptors (Lipinski definition) is 5. The number of aromatic nitrogens is 5. The molecule has 2 aromatic heterocycles. The fraction of sp³-hybridized carbons (Fsp3) is 0.400. The Bertz CT molecular complexity index is 992. The molecule has 1 aromatic carbocycles. The van der Waals surface area contributed by atoms with Crippen LogP contribution in [-0.4, -0.2) is 53.5 Å². The van der Waals surface area contributed by atoms with Gasteiger partial charge in [0, 0.05) is 37.6 Å². The number of benzene rings is 1. The van der Waals surface area contributed by atoms with E-state index in [4.69, 9.17) is 11.6 Å². The fourth-order valence-electron chi connectivity index (χ4n) is 3.73. The summed E-state index contributed by atoms with van der Waals surface area (Å²) in [6.07, 6.45) is 5.97. The number of carbonyl (C=O) groups excluding carboxylic acids is 1. The lowest BCUT2D eigenvalue weighted by Gasteiger charge is -2.33. The van der Waals surface area contributed by atoms with Crippen LogP contribution in [0.3, 0.4) is 0 Å². The highest BCUT2D eigenvalue weighted by molar-refractivity contribution is 6.31. The first-order valence-corrected chi connectivity index (χ1v) is 9.99. The molecule has 1 atom stereocenters. The van der Waals surface area contributed by atoms with Crippen LogP contribution in [-0.2, 0) is 13.6 Å². The Morgan fingerprint density at radius 2 is 2.07 bits per heavy atom.